The highest BCUT2D eigenvalue weighted by atomic mass is 35.5. The summed E-state index contributed by atoms with van der Waals surface area (Å²) in [5, 5.41) is 5.01. The van der Waals surface area contributed by atoms with E-state index < -0.39 is 24.5 Å². The number of rotatable bonds is 6. The number of ether oxygens (including phenoxy) is 1. The number of amides is 1. The van der Waals surface area contributed by atoms with E-state index in [4.69, 9.17) is 22.1 Å². The second-order valence-corrected chi connectivity index (χ2v) is 7.27. The molecular weight excluding hydrogens is 403 g/mol. The molecule has 0 spiro atoms. The van der Waals surface area contributed by atoms with Crippen LogP contribution in [0.25, 0.3) is 0 Å². The van der Waals surface area contributed by atoms with E-state index in [1.165, 1.54) is 41.7 Å². The topological polar surface area (TPSA) is 81.4 Å². The van der Waals surface area contributed by atoms with Crippen molar-refractivity contribution < 1.29 is 18.7 Å². The summed E-state index contributed by atoms with van der Waals surface area (Å²) in [6.45, 7) is -0.468. The van der Waals surface area contributed by atoms with Gasteiger partial charge < -0.3 is 15.8 Å². The van der Waals surface area contributed by atoms with Crippen LogP contribution in [0.2, 0.25) is 5.02 Å². The first-order valence-corrected chi connectivity index (χ1v) is 9.50. The van der Waals surface area contributed by atoms with E-state index in [1.54, 1.807) is 12.1 Å². The number of carbonyl (C=O) groups is 2. The van der Waals surface area contributed by atoms with Crippen molar-refractivity contribution >= 4 is 40.5 Å². The molecule has 2 aromatic carbocycles. The van der Waals surface area contributed by atoms with Crippen molar-refractivity contribution in [1.29, 1.82) is 0 Å². The largest absolute Gasteiger partial charge is 0.452 e. The maximum atomic E-state index is 13.2. The monoisotopic (exact) mass is 418 g/mol. The Bertz CT molecular complexity index is 978. The third-order valence-electron chi connectivity index (χ3n) is 3.90. The molecule has 0 radical (unpaired) electrons. The van der Waals surface area contributed by atoms with E-state index in [0.717, 1.165) is 4.88 Å². The zero-order valence-corrected chi connectivity index (χ0v) is 16.1. The SMILES string of the molecule is Nc1cc(C(=O)OCC(=O)NC(c2ccc(F)cc2)c2cccs2)ccc1Cl. The Kier molecular flexibility index (Phi) is 6.28. The molecule has 0 bridgehead atoms. The number of esters is 1. The van der Waals surface area contributed by atoms with Gasteiger partial charge in [0, 0.05) is 4.88 Å². The van der Waals surface area contributed by atoms with Crippen molar-refractivity contribution in [3.8, 4) is 0 Å². The minimum atomic E-state index is -0.687. The summed E-state index contributed by atoms with van der Waals surface area (Å²) in [6, 6.07) is 13.4. The molecule has 1 unspecified atom stereocenters. The first kappa shape index (κ1) is 19.9. The Hall–Kier alpha value is -2.90. The van der Waals surface area contributed by atoms with Crippen molar-refractivity contribution in [1.82, 2.24) is 5.32 Å². The van der Waals surface area contributed by atoms with Crippen LogP contribution in [-0.4, -0.2) is 18.5 Å². The van der Waals surface area contributed by atoms with Gasteiger partial charge in [-0.1, -0.05) is 29.8 Å². The van der Waals surface area contributed by atoms with Gasteiger partial charge in [-0.2, -0.15) is 0 Å². The van der Waals surface area contributed by atoms with E-state index in [9.17, 15) is 14.0 Å². The predicted molar refractivity (Wildman–Crippen MR) is 107 cm³/mol. The highest BCUT2D eigenvalue weighted by Gasteiger charge is 2.19. The average molecular weight is 419 g/mol. The molecule has 1 atom stereocenters. The molecule has 0 saturated heterocycles. The van der Waals surface area contributed by atoms with E-state index >= 15 is 0 Å². The molecule has 28 heavy (non-hydrogen) atoms. The molecule has 1 amide bonds. The van der Waals surface area contributed by atoms with Gasteiger partial charge in [0.25, 0.3) is 5.91 Å². The Morgan fingerprint density at radius 3 is 2.57 bits per heavy atom. The fraction of sp³-hybridized carbons (Fsp3) is 0.100. The van der Waals surface area contributed by atoms with Crippen molar-refractivity contribution in [2.24, 2.45) is 0 Å². The molecule has 5 nitrogen and oxygen atoms in total. The van der Waals surface area contributed by atoms with Gasteiger partial charge in [-0.3, -0.25) is 4.79 Å². The number of hydrogen-bond donors (Lipinski definition) is 2. The molecule has 0 aliphatic rings. The predicted octanol–water partition coefficient (Wildman–Crippen LogP) is 4.19. The molecule has 1 aromatic heterocycles. The van der Waals surface area contributed by atoms with Gasteiger partial charge in [0.1, 0.15) is 5.82 Å². The van der Waals surface area contributed by atoms with E-state index in [2.05, 4.69) is 5.32 Å². The second-order valence-electron chi connectivity index (χ2n) is 5.88. The van der Waals surface area contributed by atoms with Crippen LogP contribution >= 0.6 is 22.9 Å². The third-order valence-corrected chi connectivity index (χ3v) is 5.18. The Morgan fingerprint density at radius 1 is 1.18 bits per heavy atom. The number of hydrogen-bond acceptors (Lipinski definition) is 5. The quantitative estimate of drug-likeness (QED) is 0.464. The van der Waals surface area contributed by atoms with Crippen LogP contribution in [0.15, 0.2) is 60.0 Å². The fourth-order valence-corrected chi connectivity index (χ4v) is 3.44. The third kappa shape index (κ3) is 4.88. The van der Waals surface area contributed by atoms with Crippen molar-refractivity contribution in [3.63, 3.8) is 0 Å². The molecule has 3 aromatic rings. The van der Waals surface area contributed by atoms with Gasteiger partial charge in [-0.25, -0.2) is 9.18 Å². The lowest BCUT2D eigenvalue weighted by molar-refractivity contribution is -0.124. The summed E-state index contributed by atoms with van der Waals surface area (Å²) in [4.78, 5) is 25.3. The van der Waals surface area contributed by atoms with E-state index in [0.29, 0.717) is 10.6 Å². The lowest BCUT2D eigenvalue weighted by atomic mass is 10.1. The van der Waals surface area contributed by atoms with E-state index in [-0.39, 0.29) is 17.1 Å². The van der Waals surface area contributed by atoms with Gasteiger partial charge in [-0.15, -0.1) is 11.3 Å². The van der Waals surface area contributed by atoms with Crippen LogP contribution in [0.1, 0.15) is 26.8 Å². The van der Waals surface area contributed by atoms with Gasteiger partial charge in [-0.05, 0) is 47.3 Å². The zero-order valence-electron chi connectivity index (χ0n) is 14.5. The molecule has 8 heteroatoms. The number of benzene rings is 2. The van der Waals surface area contributed by atoms with Crippen molar-refractivity contribution in [2.45, 2.75) is 6.04 Å². The molecule has 1 heterocycles. The maximum Gasteiger partial charge on any atom is 0.338 e. The lowest BCUT2D eigenvalue weighted by Gasteiger charge is -2.18. The number of anilines is 1. The normalized spacial score (nSPS) is 11.6. The second kappa shape index (κ2) is 8.86. The minimum absolute atomic E-state index is 0.197. The highest BCUT2D eigenvalue weighted by Crippen LogP contribution is 2.26. The van der Waals surface area contributed by atoms with Crippen molar-refractivity contribution in [3.05, 3.63) is 86.8 Å². The van der Waals surface area contributed by atoms with Crippen LogP contribution in [0.5, 0.6) is 0 Å². The molecular formula is C20H16ClFN2O3S. The minimum Gasteiger partial charge on any atom is -0.452 e. The first-order valence-electron chi connectivity index (χ1n) is 8.24. The molecule has 3 rings (SSSR count). The number of thiophene rings is 1. The first-order chi connectivity index (χ1) is 13.4. The molecule has 0 fully saturated rings. The summed E-state index contributed by atoms with van der Waals surface area (Å²) >= 11 is 7.28. The molecule has 144 valence electrons. The fourth-order valence-electron chi connectivity index (χ4n) is 2.52. The van der Waals surface area contributed by atoms with Gasteiger partial charge in [0.2, 0.25) is 0 Å². The smallest absolute Gasteiger partial charge is 0.338 e. The van der Waals surface area contributed by atoms with Crippen LogP contribution in [0, 0.1) is 5.82 Å². The summed E-state index contributed by atoms with van der Waals surface area (Å²) < 4.78 is 18.3. The Balaban J connectivity index is 1.66. The van der Waals surface area contributed by atoms with Crippen LogP contribution in [0.4, 0.5) is 10.1 Å². The van der Waals surface area contributed by atoms with E-state index in [1.807, 2.05) is 17.5 Å². The summed E-state index contributed by atoms with van der Waals surface area (Å²) in [7, 11) is 0. The average Bonchev–Trinajstić information content (AvgIpc) is 3.21. The molecule has 0 aliphatic carbocycles. The number of nitrogens with two attached hydrogens (primary N) is 1. The summed E-state index contributed by atoms with van der Waals surface area (Å²) in [6.07, 6.45) is 0. The van der Waals surface area contributed by atoms with Crippen molar-refractivity contribution in [2.75, 3.05) is 12.3 Å². The Morgan fingerprint density at radius 2 is 1.93 bits per heavy atom. The maximum absolute atomic E-state index is 13.2. The number of nitrogens with one attached hydrogen (secondary N) is 1. The standard InChI is InChI=1S/C20H16ClFN2O3S/c21-15-8-5-13(10-16(15)23)20(26)27-11-18(25)24-19(17-2-1-9-28-17)12-3-6-14(22)7-4-12/h1-10,19H,11,23H2,(H,24,25). The highest BCUT2D eigenvalue weighted by molar-refractivity contribution is 7.10. The molecule has 3 N–H and O–H groups in total. The van der Waals surface area contributed by atoms with Gasteiger partial charge in [0.15, 0.2) is 6.61 Å². The van der Waals surface area contributed by atoms with Crippen LogP contribution in [-0.2, 0) is 9.53 Å². The van der Waals surface area contributed by atoms with Gasteiger partial charge >= 0.3 is 5.97 Å². The Labute approximate surface area is 169 Å². The number of nitrogen functional groups attached to an aromatic ring is 1. The molecule has 0 saturated carbocycles. The zero-order chi connectivity index (χ0) is 20.1. The van der Waals surface area contributed by atoms with Crippen LogP contribution in [0.3, 0.4) is 0 Å². The number of carbonyl (C=O) groups excluding carboxylic acids is 2. The lowest BCUT2D eigenvalue weighted by Crippen LogP contribution is -2.32. The summed E-state index contributed by atoms with van der Waals surface area (Å²) in [5.41, 5.74) is 6.82. The van der Waals surface area contributed by atoms with Crippen LogP contribution < -0.4 is 11.1 Å². The number of halogens is 2. The molecule has 0 aliphatic heterocycles. The summed E-state index contributed by atoms with van der Waals surface area (Å²) in [5.74, 6) is -1.54. The van der Waals surface area contributed by atoms with Gasteiger partial charge in [0.05, 0.1) is 22.3 Å².